The molecule has 0 spiro atoms. The van der Waals surface area contributed by atoms with Crippen molar-refractivity contribution in [3.8, 4) is 0 Å². The summed E-state index contributed by atoms with van der Waals surface area (Å²) in [7, 11) is 4.80. The molecule has 0 bridgehead atoms. The highest BCUT2D eigenvalue weighted by molar-refractivity contribution is 5.94. The summed E-state index contributed by atoms with van der Waals surface area (Å²) in [5.41, 5.74) is 1.23. The Kier molecular flexibility index (Phi) is 5.11. The van der Waals surface area contributed by atoms with Crippen LogP contribution in [0, 0.1) is 5.82 Å². The lowest BCUT2D eigenvalue weighted by atomic mass is 10.1. The van der Waals surface area contributed by atoms with Gasteiger partial charge in [0.05, 0.1) is 5.56 Å². The molecule has 120 valence electrons. The summed E-state index contributed by atoms with van der Waals surface area (Å²) in [6, 6.07) is 13.3. The topological polar surface area (TPSA) is 40.6 Å². The van der Waals surface area contributed by atoms with Crippen molar-refractivity contribution in [2.75, 3.05) is 21.1 Å². The second kappa shape index (κ2) is 7.05. The van der Waals surface area contributed by atoms with Crippen molar-refractivity contribution in [3.05, 3.63) is 71.0 Å². The quantitative estimate of drug-likeness (QED) is 0.871. The van der Waals surface area contributed by atoms with Crippen LogP contribution >= 0.6 is 0 Å². The molecular weight excluding hydrogens is 295 g/mol. The summed E-state index contributed by atoms with van der Waals surface area (Å²) in [5.74, 6) is -1.11. The molecule has 2 aromatic carbocycles. The molecular formula is C18H19FN2O2. The number of benzene rings is 2. The minimum absolute atomic E-state index is 0.0239. The van der Waals surface area contributed by atoms with E-state index in [0.717, 1.165) is 0 Å². The van der Waals surface area contributed by atoms with Crippen molar-refractivity contribution < 1.29 is 14.0 Å². The van der Waals surface area contributed by atoms with Gasteiger partial charge in [-0.2, -0.15) is 0 Å². The van der Waals surface area contributed by atoms with Crippen LogP contribution < -0.4 is 0 Å². The lowest BCUT2D eigenvalue weighted by molar-refractivity contribution is 0.0782. The summed E-state index contributed by atoms with van der Waals surface area (Å²) in [5, 5.41) is 0. The van der Waals surface area contributed by atoms with Crippen molar-refractivity contribution in [3.63, 3.8) is 0 Å². The molecule has 0 heterocycles. The van der Waals surface area contributed by atoms with Crippen LogP contribution in [0.2, 0.25) is 0 Å². The molecule has 0 fully saturated rings. The van der Waals surface area contributed by atoms with Crippen LogP contribution in [0.3, 0.4) is 0 Å². The van der Waals surface area contributed by atoms with E-state index in [-0.39, 0.29) is 23.9 Å². The Morgan fingerprint density at radius 2 is 1.61 bits per heavy atom. The molecule has 0 aliphatic carbocycles. The number of hydrogen-bond acceptors (Lipinski definition) is 2. The summed E-state index contributed by atoms with van der Waals surface area (Å²) < 4.78 is 14.1. The molecule has 2 rings (SSSR count). The van der Waals surface area contributed by atoms with Gasteiger partial charge in [-0.1, -0.05) is 24.3 Å². The van der Waals surface area contributed by atoms with Crippen LogP contribution in [0.5, 0.6) is 0 Å². The zero-order chi connectivity index (χ0) is 17.0. The number of halogens is 1. The fourth-order valence-corrected chi connectivity index (χ4v) is 2.22. The molecule has 2 aromatic rings. The molecule has 0 aliphatic rings. The third-order valence-electron chi connectivity index (χ3n) is 3.46. The minimum atomic E-state index is -0.582. The van der Waals surface area contributed by atoms with Crippen LogP contribution in [-0.4, -0.2) is 42.8 Å². The standard InChI is InChI=1S/C18H19FN2O2/c1-20(2)18(23)15-10-9-13(11-16(15)19)12-21(3)17(22)14-7-5-4-6-8-14/h4-11H,12H2,1-3H3. The van der Waals surface area contributed by atoms with Gasteiger partial charge < -0.3 is 9.80 Å². The smallest absolute Gasteiger partial charge is 0.256 e. The first-order valence-electron chi connectivity index (χ1n) is 7.20. The van der Waals surface area contributed by atoms with E-state index in [9.17, 15) is 14.0 Å². The third-order valence-corrected chi connectivity index (χ3v) is 3.46. The molecule has 0 N–H and O–H groups in total. The normalized spacial score (nSPS) is 10.3. The van der Waals surface area contributed by atoms with Gasteiger partial charge in [-0.15, -0.1) is 0 Å². The maximum Gasteiger partial charge on any atom is 0.256 e. The SMILES string of the molecule is CN(C)C(=O)c1ccc(CN(C)C(=O)c2ccccc2)cc1F. The van der Waals surface area contributed by atoms with Crippen LogP contribution in [0.25, 0.3) is 0 Å². The Balaban J connectivity index is 2.13. The van der Waals surface area contributed by atoms with Gasteiger partial charge in [-0.3, -0.25) is 9.59 Å². The average Bonchev–Trinajstić information content (AvgIpc) is 2.54. The molecule has 0 saturated carbocycles. The van der Waals surface area contributed by atoms with Crippen LogP contribution in [-0.2, 0) is 6.54 Å². The lowest BCUT2D eigenvalue weighted by Gasteiger charge is -2.18. The fraction of sp³-hybridized carbons (Fsp3) is 0.222. The van der Waals surface area contributed by atoms with Gasteiger partial charge in [0.1, 0.15) is 5.82 Å². The fourth-order valence-electron chi connectivity index (χ4n) is 2.22. The maximum atomic E-state index is 14.1. The Labute approximate surface area is 135 Å². The van der Waals surface area contributed by atoms with E-state index in [4.69, 9.17) is 0 Å². The molecule has 5 heteroatoms. The highest BCUT2D eigenvalue weighted by atomic mass is 19.1. The van der Waals surface area contributed by atoms with Gasteiger partial charge in [-0.25, -0.2) is 4.39 Å². The van der Waals surface area contributed by atoms with E-state index in [0.29, 0.717) is 11.1 Å². The first kappa shape index (κ1) is 16.7. The van der Waals surface area contributed by atoms with Crippen LogP contribution in [0.1, 0.15) is 26.3 Å². The Morgan fingerprint density at radius 1 is 0.957 bits per heavy atom. The largest absolute Gasteiger partial charge is 0.345 e. The number of carbonyl (C=O) groups is 2. The highest BCUT2D eigenvalue weighted by Gasteiger charge is 2.16. The van der Waals surface area contributed by atoms with E-state index < -0.39 is 5.82 Å². The monoisotopic (exact) mass is 314 g/mol. The molecule has 23 heavy (non-hydrogen) atoms. The second-order valence-corrected chi connectivity index (χ2v) is 5.54. The summed E-state index contributed by atoms with van der Waals surface area (Å²) in [6.07, 6.45) is 0. The first-order valence-corrected chi connectivity index (χ1v) is 7.20. The third kappa shape index (κ3) is 3.94. The molecule has 0 unspecified atom stereocenters. The molecule has 0 atom stereocenters. The van der Waals surface area contributed by atoms with Gasteiger partial charge in [0.25, 0.3) is 11.8 Å². The molecule has 0 saturated heterocycles. The minimum Gasteiger partial charge on any atom is -0.345 e. The summed E-state index contributed by atoms with van der Waals surface area (Å²) >= 11 is 0. The molecule has 0 radical (unpaired) electrons. The summed E-state index contributed by atoms with van der Waals surface area (Å²) in [4.78, 5) is 26.9. The van der Waals surface area contributed by atoms with E-state index in [2.05, 4.69) is 0 Å². The molecule has 4 nitrogen and oxygen atoms in total. The maximum absolute atomic E-state index is 14.1. The van der Waals surface area contributed by atoms with Crippen molar-refractivity contribution >= 4 is 11.8 Å². The van der Waals surface area contributed by atoms with Crippen molar-refractivity contribution in [2.24, 2.45) is 0 Å². The first-order chi connectivity index (χ1) is 10.9. The highest BCUT2D eigenvalue weighted by Crippen LogP contribution is 2.14. The van der Waals surface area contributed by atoms with Crippen LogP contribution in [0.4, 0.5) is 4.39 Å². The van der Waals surface area contributed by atoms with Gasteiger partial charge in [-0.05, 0) is 29.8 Å². The Morgan fingerprint density at radius 3 is 2.17 bits per heavy atom. The number of carbonyl (C=O) groups excluding carboxylic acids is 2. The van der Waals surface area contributed by atoms with Gasteiger partial charge >= 0.3 is 0 Å². The van der Waals surface area contributed by atoms with Crippen molar-refractivity contribution in [1.82, 2.24) is 9.80 Å². The Hall–Kier alpha value is -2.69. The molecule has 2 amide bonds. The van der Waals surface area contributed by atoms with Gasteiger partial charge in [0.15, 0.2) is 0 Å². The predicted molar refractivity (Wildman–Crippen MR) is 86.7 cm³/mol. The zero-order valence-corrected chi connectivity index (χ0v) is 13.4. The number of rotatable bonds is 4. The number of amides is 2. The van der Waals surface area contributed by atoms with E-state index in [1.54, 1.807) is 51.5 Å². The lowest BCUT2D eigenvalue weighted by Crippen LogP contribution is -2.26. The van der Waals surface area contributed by atoms with Gasteiger partial charge in [0, 0.05) is 33.3 Å². The summed E-state index contributed by atoms with van der Waals surface area (Å²) in [6.45, 7) is 0.265. The van der Waals surface area contributed by atoms with E-state index >= 15 is 0 Å². The average molecular weight is 314 g/mol. The van der Waals surface area contributed by atoms with E-state index in [1.807, 2.05) is 6.07 Å². The van der Waals surface area contributed by atoms with Crippen molar-refractivity contribution in [1.29, 1.82) is 0 Å². The van der Waals surface area contributed by atoms with E-state index in [1.165, 1.54) is 21.9 Å². The van der Waals surface area contributed by atoms with Gasteiger partial charge in [0.2, 0.25) is 0 Å². The number of nitrogens with zero attached hydrogens (tertiary/aromatic N) is 2. The Bertz CT molecular complexity index is 714. The zero-order valence-electron chi connectivity index (χ0n) is 13.4. The number of hydrogen-bond donors (Lipinski definition) is 0. The molecule has 0 aliphatic heterocycles. The van der Waals surface area contributed by atoms with Crippen LogP contribution in [0.15, 0.2) is 48.5 Å². The second-order valence-electron chi connectivity index (χ2n) is 5.54. The predicted octanol–water partition coefficient (Wildman–Crippen LogP) is 2.80. The van der Waals surface area contributed by atoms with Crippen molar-refractivity contribution in [2.45, 2.75) is 6.54 Å². The molecule has 0 aromatic heterocycles.